The Hall–Kier alpha value is -4.13. The van der Waals surface area contributed by atoms with E-state index in [1.807, 2.05) is 32.9 Å². The number of hydrogen-bond donors (Lipinski definition) is 1. The number of aryl methyl sites for hydroxylation is 2. The molecule has 186 valence electrons. The van der Waals surface area contributed by atoms with Crippen molar-refractivity contribution in [2.45, 2.75) is 33.7 Å². The molecule has 0 saturated carbocycles. The molecule has 7 heteroatoms. The molecule has 1 N–H and O–H groups in total. The first kappa shape index (κ1) is 25.0. The first-order valence-electron chi connectivity index (χ1n) is 11.8. The number of halogens is 1. The number of carbonyl (C=O) groups is 2. The SMILES string of the molecule is CCOc1ccc(/C(O)=C2/C(=O)C(=O)N(c3ccc(C)c(C)c3)C2c2ccc(F)cc2)c(OCC)c1. The zero-order valence-electron chi connectivity index (χ0n) is 20.7. The summed E-state index contributed by atoms with van der Waals surface area (Å²) < 4.78 is 25.0. The molecule has 1 fully saturated rings. The van der Waals surface area contributed by atoms with E-state index in [9.17, 15) is 19.1 Å². The molecule has 36 heavy (non-hydrogen) atoms. The molecule has 6 nitrogen and oxygen atoms in total. The Balaban J connectivity index is 1.95. The number of aliphatic hydroxyl groups is 1. The molecule has 0 aliphatic carbocycles. The Bertz CT molecular complexity index is 1350. The fraction of sp³-hybridized carbons (Fsp3) is 0.241. The van der Waals surface area contributed by atoms with E-state index in [0.29, 0.717) is 36.0 Å². The smallest absolute Gasteiger partial charge is 0.300 e. The lowest BCUT2D eigenvalue weighted by molar-refractivity contribution is -0.132. The van der Waals surface area contributed by atoms with Gasteiger partial charge in [-0.15, -0.1) is 0 Å². The third-order valence-electron chi connectivity index (χ3n) is 6.22. The van der Waals surface area contributed by atoms with Gasteiger partial charge in [0.05, 0.1) is 30.4 Å². The average Bonchev–Trinajstić information content (AvgIpc) is 3.12. The number of amides is 1. The first-order chi connectivity index (χ1) is 17.3. The normalized spacial score (nSPS) is 16.9. The Morgan fingerprint density at radius 1 is 0.917 bits per heavy atom. The van der Waals surface area contributed by atoms with Gasteiger partial charge in [-0.25, -0.2) is 4.39 Å². The first-order valence-corrected chi connectivity index (χ1v) is 11.8. The second-order valence-electron chi connectivity index (χ2n) is 8.51. The molecule has 1 amide bonds. The van der Waals surface area contributed by atoms with Gasteiger partial charge in [0.25, 0.3) is 11.7 Å². The molecule has 1 aliphatic rings. The number of nitrogens with zero attached hydrogens (tertiary/aromatic N) is 1. The van der Waals surface area contributed by atoms with Crippen molar-refractivity contribution in [3.05, 3.63) is 94.3 Å². The van der Waals surface area contributed by atoms with Crippen molar-refractivity contribution in [1.29, 1.82) is 0 Å². The molecule has 1 aliphatic heterocycles. The lowest BCUT2D eigenvalue weighted by atomic mass is 9.94. The van der Waals surface area contributed by atoms with Crippen LogP contribution in [0.3, 0.4) is 0 Å². The summed E-state index contributed by atoms with van der Waals surface area (Å²) in [6, 6.07) is 14.9. The summed E-state index contributed by atoms with van der Waals surface area (Å²) in [6.07, 6.45) is 0. The van der Waals surface area contributed by atoms with Gasteiger partial charge in [-0.3, -0.25) is 14.5 Å². The van der Waals surface area contributed by atoms with Crippen LogP contribution in [-0.2, 0) is 9.59 Å². The van der Waals surface area contributed by atoms with E-state index in [1.54, 1.807) is 31.2 Å². The molecule has 4 rings (SSSR count). The minimum absolute atomic E-state index is 0.102. The average molecular weight is 490 g/mol. The molecule has 0 bridgehead atoms. The number of rotatable bonds is 7. The summed E-state index contributed by atoms with van der Waals surface area (Å²) >= 11 is 0. The number of aliphatic hydroxyl groups excluding tert-OH is 1. The third-order valence-corrected chi connectivity index (χ3v) is 6.22. The van der Waals surface area contributed by atoms with Gasteiger partial charge >= 0.3 is 0 Å². The number of ketones is 1. The van der Waals surface area contributed by atoms with Crippen LogP contribution in [0.5, 0.6) is 11.5 Å². The van der Waals surface area contributed by atoms with Crippen molar-refractivity contribution < 1.29 is 28.6 Å². The number of anilines is 1. The fourth-order valence-corrected chi connectivity index (χ4v) is 4.31. The molecule has 1 unspecified atom stereocenters. The summed E-state index contributed by atoms with van der Waals surface area (Å²) in [5.41, 5.74) is 3.12. The van der Waals surface area contributed by atoms with Crippen LogP contribution in [0.4, 0.5) is 10.1 Å². The molecular weight excluding hydrogens is 461 g/mol. The number of Topliss-reactive ketones (excluding diaryl/α,β-unsaturated/α-hetero) is 1. The van der Waals surface area contributed by atoms with Crippen LogP contribution in [0.25, 0.3) is 5.76 Å². The summed E-state index contributed by atoms with van der Waals surface area (Å²) in [6.45, 7) is 8.28. The van der Waals surface area contributed by atoms with Crippen molar-refractivity contribution in [3.63, 3.8) is 0 Å². The number of ether oxygens (including phenoxy) is 2. The van der Waals surface area contributed by atoms with E-state index in [0.717, 1.165) is 11.1 Å². The Kier molecular flexibility index (Phi) is 7.10. The van der Waals surface area contributed by atoms with Crippen LogP contribution in [0, 0.1) is 19.7 Å². The lowest BCUT2D eigenvalue weighted by Crippen LogP contribution is -2.29. The zero-order valence-corrected chi connectivity index (χ0v) is 20.7. The Morgan fingerprint density at radius 2 is 1.61 bits per heavy atom. The Morgan fingerprint density at radius 3 is 2.25 bits per heavy atom. The molecule has 1 saturated heterocycles. The minimum Gasteiger partial charge on any atom is -0.507 e. The summed E-state index contributed by atoms with van der Waals surface area (Å²) in [5.74, 6) is -1.58. The highest BCUT2D eigenvalue weighted by Gasteiger charge is 2.47. The van der Waals surface area contributed by atoms with Crippen LogP contribution in [0.2, 0.25) is 0 Å². The molecule has 1 heterocycles. The maximum absolute atomic E-state index is 13.8. The van der Waals surface area contributed by atoms with E-state index in [4.69, 9.17) is 9.47 Å². The maximum atomic E-state index is 13.8. The highest BCUT2D eigenvalue weighted by molar-refractivity contribution is 6.51. The second kappa shape index (κ2) is 10.2. The molecule has 1 atom stereocenters. The van der Waals surface area contributed by atoms with Crippen molar-refractivity contribution in [2.75, 3.05) is 18.1 Å². The number of benzene rings is 3. The number of hydrogen-bond acceptors (Lipinski definition) is 5. The van der Waals surface area contributed by atoms with Gasteiger partial charge in [-0.1, -0.05) is 18.2 Å². The van der Waals surface area contributed by atoms with Gasteiger partial charge in [-0.05, 0) is 80.8 Å². The highest BCUT2D eigenvalue weighted by atomic mass is 19.1. The zero-order chi connectivity index (χ0) is 26.0. The fourth-order valence-electron chi connectivity index (χ4n) is 4.31. The molecule has 0 spiro atoms. The second-order valence-corrected chi connectivity index (χ2v) is 8.51. The lowest BCUT2D eigenvalue weighted by Gasteiger charge is -2.26. The van der Waals surface area contributed by atoms with Crippen LogP contribution < -0.4 is 14.4 Å². The van der Waals surface area contributed by atoms with Gasteiger partial charge in [0.2, 0.25) is 0 Å². The third kappa shape index (κ3) is 4.56. The Labute approximate surface area is 209 Å². The van der Waals surface area contributed by atoms with Gasteiger partial charge in [-0.2, -0.15) is 0 Å². The topological polar surface area (TPSA) is 76.1 Å². The summed E-state index contributed by atoms with van der Waals surface area (Å²) in [7, 11) is 0. The van der Waals surface area contributed by atoms with Gasteiger partial charge < -0.3 is 14.6 Å². The van der Waals surface area contributed by atoms with Gasteiger partial charge in [0.15, 0.2) is 0 Å². The van der Waals surface area contributed by atoms with Crippen LogP contribution >= 0.6 is 0 Å². The standard InChI is InChI=1S/C29H28FNO5/c1-5-35-22-13-14-23(24(16-22)36-6-2)27(32)25-26(19-8-10-20(30)11-9-19)31(29(34)28(25)33)21-12-7-17(3)18(4)15-21/h7-16,26,32H,5-6H2,1-4H3/b27-25-. The van der Waals surface area contributed by atoms with Gasteiger partial charge in [0, 0.05) is 11.8 Å². The molecule has 3 aromatic rings. The van der Waals surface area contributed by atoms with Crippen molar-refractivity contribution in [3.8, 4) is 11.5 Å². The monoisotopic (exact) mass is 489 g/mol. The minimum atomic E-state index is -0.964. The van der Waals surface area contributed by atoms with Crippen LogP contribution in [-0.4, -0.2) is 30.0 Å². The highest BCUT2D eigenvalue weighted by Crippen LogP contribution is 2.44. The largest absolute Gasteiger partial charge is 0.507 e. The van der Waals surface area contributed by atoms with E-state index in [-0.39, 0.29) is 16.9 Å². The van der Waals surface area contributed by atoms with Crippen molar-refractivity contribution in [1.82, 2.24) is 0 Å². The summed E-state index contributed by atoms with van der Waals surface area (Å²) in [4.78, 5) is 28.1. The molecule has 0 aromatic heterocycles. The van der Waals surface area contributed by atoms with E-state index < -0.39 is 23.5 Å². The molecule has 3 aromatic carbocycles. The maximum Gasteiger partial charge on any atom is 0.300 e. The number of carbonyl (C=O) groups excluding carboxylic acids is 2. The molecule has 0 radical (unpaired) electrons. The summed E-state index contributed by atoms with van der Waals surface area (Å²) in [5, 5.41) is 11.5. The van der Waals surface area contributed by atoms with E-state index in [1.165, 1.54) is 29.2 Å². The van der Waals surface area contributed by atoms with E-state index >= 15 is 0 Å². The predicted octanol–water partition coefficient (Wildman–Crippen LogP) is 5.87. The van der Waals surface area contributed by atoms with Crippen molar-refractivity contribution >= 4 is 23.1 Å². The van der Waals surface area contributed by atoms with Crippen molar-refractivity contribution in [2.24, 2.45) is 0 Å². The quantitative estimate of drug-likeness (QED) is 0.255. The van der Waals surface area contributed by atoms with Gasteiger partial charge in [0.1, 0.15) is 23.1 Å². The molecular formula is C29H28FNO5. The predicted molar refractivity (Wildman–Crippen MR) is 136 cm³/mol. The van der Waals surface area contributed by atoms with Crippen LogP contribution in [0.15, 0.2) is 66.2 Å². The van der Waals surface area contributed by atoms with Crippen LogP contribution in [0.1, 0.15) is 42.1 Å². The van der Waals surface area contributed by atoms with E-state index in [2.05, 4.69) is 0 Å².